The Morgan fingerprint density at radius 3 is 2.32 bits per heavy atom. The molecule has 0 spiro atoms. The SMILES string of the molecule is CN(Cc1ccc(N(C)C)cc1)C(=O)CSc1ncccn1. The molecule has 6 heteroatoms. The van der Waals surface area contributed by atoms with Gasteiger partial charge in [0.25, 0.3) is 0 Å². The molecule has 5 nitrogen and oxygen atoms in total. The molecule has 0 fully saturated rings. The summed E-state index contributed by atoms with van der Waals surface area (Å²) in [6, 6.07) is 9.97. The van der Waals surface area contributed by atoms with Crippen molar-refractivity contribution >= 4 is 23.4 Å². The summed E-state index contributed by atoms with van der Waals surface area (Å²) >= 11 is 1.35. The largest absolute Gasteiger partial charge is 0.378 e. The zero-order valence-electron chi connectivity index (χ0n) is 13.1. The van der Waals surface area contributed by atoms with Gasteiger partial charge in [-0.1, -0.05) is 23.9 Å². The third kappa shape index (κ3) is 4.73. The van der Waals surface area contributed by atoms with E-state index in [9.17, 15) is 4.79 Å². The number of thioether (sulfide) groups is 1. The quantitative estimate of drug-likeness (QED) is 0.604. The Morgan fingerprint density at radius 2 is 1.73 bits per heavy atom. The van der Waals surface area contributed by atoms with E-state index in [0.717, 1.165) is 11.3 Å². The van der Waals surface area contributed by atoms with Crippen LogP contribution in [0.2, 0.25) is 0 Å². The summed E-state index contributed by atoms with van der Waals surface area (Å²) in [5.41, 5.74) is 2.26. The summed E-state index contributed by atoms with van der Waals surface area (Å²) < 4.78 is 0. The minimum atomic E-state index is 0.0640. The van der Waals surface area contributed by atoms with Gasteiger partial charge in [0.1, 0.15) is 0 Å². The molecule has 0 aliphatic heterocycles. The van der Waals surface area contributed by atoms with Crippen molar-refractivity contribution in [2.45, 2.75) is 11.7 Å². The molecule has 0 atom stereocenters. The Hall–Kier alpha value is -2.08. The van der Waals surface area contributed by atoms with E-state index in [1.165, 1.54) is 11.8 Å². The van der Waals surface area contributed by atoms with Crippen molar-refractivity contribution in [1.82, 2.24) is 14.9 Å². The Labute approximate surface area is 135 Å². The van der Waals surface area contributed by atoms with E-state index < -0.39 is 0 Å². The van der Waals surface area contributed by atoms with Crippen LogP contribution in [0.15, 0.2) is 47.9 Å². The highest BCUT2D eigenvalue weighted by atomic mass is 32.2. The van der Waals surface area contributed by atoms with Gasteiger partial charge in [0.2, 0.25) is 5.91 Å². The normalized spacial score (nSPS) is 10.3. The lowest BCUT2D eigenvalue weighted by Gasteiger charge is -2.18. The third-order valence-corrected chi connectivity index (χ3v) is 4.03. The van der Waals surface area contributed by atoms with Crippen molar-refractivity contribution in [2.24, 2.45) is 0 Å². The highest BCUT2D eigenvalue weighted by Gasteiger charge is 2.11. The summed E-state index contributed by atoms with van der Waals surface area (Å²) in [7, 11) is 5.83. The Balaban J connectivity index is 1.85. The van der Waals surface area contributed by atoms with E-state index >= 15 is 0 Å². The van der Waals surface area contributed by atoms with E-state index in [2.05, 4.69) is 27.0 Å². The molecule has 1 amide bonds. The molecule has 1 aromatic heterocycles. The second kappa shape index (κ2) is 7.79. The number of benzene rings is 1. The number of carbonyl (C=O) groups excluding carboxylic acids is 1. The van der Waals surface area contributed by atoms with E-state index in [1.54, 1.807) is 23.4 Å². The van der Waals surface area contributed by atoms with Gasteiger partial charge in [-0.2, -0.15) is 0 Å². The minimum Gasteiger partial charge on any atom is -0.378 e. The molecule has 2 rings (SSSR count). The van der Waals surface area contributed by atoms with E-state index in [1.807, 2.05) is 33.3 Å². The number of anilines is 1. The number of aromatic nitrogens is 2. The van der Waals surface area contributed by atoms with Crippen molar-refractivity contribution in [1.29, 1.82) is 0 Å². The average molecular weight is 316 g/mol. The van der Waals surface area contributed by atoms with Crippen LogP contribution in [0, 0.1) is 0 Å². The molecule has 0 bridgehead atoms. The Bertz CT molecular complexity index is 601. The van der Waals surface area contributed by atoms with Crippen molar-refractivity contribution in [3.05, 3.63) is 48.3 Å². The van der Waals surface area contributed by atoms with Crippen LogP contribution in [0.4, 0.5) is 5.69 Å². The molecule has 22 heavy (non-hydrogen) atoms. The van der Waals surface area contributed by atoms with Gasteiger partial charge in [-0.15, -0.1) is 0 Å². The van der Waals surface area contributed by atoms with E-state index in [4.69, 9.17) is 0 Å². The van der Waals surface area contributed by atoms with Crippen LogP contribution >= 0.6 is 11.8 Å². The van der Waals surface area contributed by atoms with Crippen LogP contribution in [0.3, 0.4) is 0 Å². The number of hydrogen-bond acceptors (Lipinski definition) is 5. The number of rotatable bonds is 6. The molecule has 0 aliphatic carbocycles. The topological polar surface area (TPSA) is 49.3 Å². The van der Waals surface area contributed by atoms with Crippen LogP contribution in [0.1, 0.15) is 5.56 Å². The summed E-state index contributed by atoms with van der Waals surface area (Å²) in [4.78, 5) is 24.1. The predicted molar refractivity (Wildman–Crippen MR) is 90.0 cm³/mol. The predicted octanol–water partition coefficient (Wildman–Crippen LogP) is 2.29. The molecule has 0 aliphatic rings. The van der Waals surface area contributed by atoms with Crippen molar-refractivity contribution < 1.29 is 4.79 Å². The maximum atomic E-state index is 12.1. The second-order valence-corrected chi connectivity index (χ2v) is 6.07. The van der Waals surface area contributed by atoms with Gasteiger partial charge < -0.3 is 9.80 Å². The first-order valence-corrected chi connectivity index (χ1v) is 7.95. The van der Waals surface area contributed by atoms with Crippen LogP contribution in [0.25, 0.3) is 0 Å². The van der Waals surface area contributed by atoms with Gasteiger partial charge in [0, 0.05) is 45.8 Å². The maximum Gasteiger partial charge on any atom is 0.233 e. The van der Waals surface area contributed by atoms with Crippen molar-refractivity contribution in [3.63, 3.8) is 0 Å². The fourth-order valence-electron chi connectivity index (χ4n) is 1.86. The van der Waals surface area contributed by atoms with Crippen LogP contribution in [-0.2, 0) is 11.3 Å². The Kier molecular flexibility index (Phi) is 5.77. The van der Waals surface area contributed by atoms with E-state index in [-0.39, 0.29) is 5.91 Å². The van der Waals surface area contributed by atoms with Crippen molar-refractivity contribution in [3.8, 4) is 0 Å². The van der Waals surface area contributed by atoms with Crippen LogP contribution in [0.5, 0.6) is 0 Å². The number of amides is 1. The number of hydrogen-bond donors (Lipinski definition) is 0. The lowest BCUT2D eigenvalue weighted by Crippen LogP contribution is -2.27. The van der Waals surface area contributed by atoms with Gasteiger partial charge in [0.15, 0.2) is 5.16 Å². The molecule has 1 heterocycles. The highest BCUT2D eigenvalue weighted by molar-refractivity contribution is 7.99. The summed E-state index contributed by atoms with van der Waals surface area (Å²) in [6.45, 7) is 0.600. The molecule has 0 saturated heterocycles. The van der Waals surface area contributed by atoms with E-state index in [0.29, 0.717) is 17.5 Å². The first kappa shape index (κ1) is 16.3. The smallest absolute Gasteiger partial charge is 0.233 e. The number of nitrogens with zero attached hydrogens (tertiary/aromatic N) is 4. The zero-order chi connectivity index (χ0) is 15.9. The molecule has 0 saturated carbocycles. The minimum absolute atomic E-state index is 0.0640. The van der Waals surface area contributed by atoms with Gasteiger partial charge in [-0.05, 0) is 23.8 Å². The monoisotopic (exact) mass is 316 g/mol. The molecule has 116 valence electrons. The maximum absolute atomic E-state index is 12.1. The molecule has 0 unspecified atom stereocenters. The zero-order valence-corrected chi connectivity index (χ0v) is 13.9. The first-order valence-electron chi connectivity index (χ1n) is 6.96. The summed E-state index contributed by atoms with van der Waals surface area (Å²) in [5.74, 6) is 0.408. The summed E-state index contributed by atoms with van der Waals surface area (Å²) in [6.07, 6.45) is 3.35. The van der Waals surface area contributed by atoms with Crippen molar-refractivity contribution in [2.75, 3.05) is 31.8 Å². The Morgan fingerprint density at radius 1 is 1.09 bits per heavy atom. The van der Waals surface area contributed by atoms with Gasteiger partial charge in [-0.3, -0.25) is 4.79 Å². The molecule has 0 radical (unpaired) electrons. The first-order chi connectivity index (χ1) is 10.6. The fourth-order valence-corrected chi connectivity index (χ4v) is 2.60. The standard InChI is InChI=1S/C16H20N4OS/c1-19(2)14-7-5-13(6-8-14)11-20(3)15(21)12-22-16-17-9-4-10-18-16/h4-10H,11-12H2,1-3H3. The third-order valence-electron chi connectivity index (χ3n) is 3.17. The highest BCUT2D eigenvalue weighted by Crippen LogP contribution is 2.15. The fraction of sp³-hybridized carbons (Fsp3) is 0.312. The van der Waals surface area contributed by atoms with Gasteiger partial charge in [-0.25, -0.2) is 9.97 Å². The lowest BCUT2D eigenvalue weighted by atomic mass is 10.2. The summed E-state index contributed by atoms with van der Waals surface area (Å²) in [5, 5.41) is 0.625. The van der Waals surface area contributed by atoms with Crippen LogP contribution < -0.4 is 4.90 Å². The molecule has 0 N–H and O–H groups in total. The second-order valence-electron chi connectivity index (χ2n) is 5.13. The molecular formula is C16H20N4OS. The van der Waals surface area contributed by atoms with Crippen LogP contribution in [-0.4, -0.2) is 47.7 Å². The van der Waals surface area contributed by atoms with Gasteiger partial charge >= 0.3 is 0 Å². The number of carbonyl (C=O) groups is 1. The average Bonchev–Trinajstić information content (AvgIpc) is 2.54. The van der Waals surface area contributed by atoms with Gasteiger partial charge in [0.05, 0.1) is 5.75 Å². The molecule has 1 aromatic carbocycles. The lowest BCUT2D eigenvalue weighted by molar-refractivity contribution is -0.127. The molecular weight excluding hydrogens is 296 g/mol. The molecule has 2 aromatic rings.